The Morgan fingerprint density at radius 1 is 1.26 bits per heavy atom. The normalized spacial score (nSPS) is 15.3. The van der Waals surface area contributed by atoms with Crippen molar-refractivity contribution in [2.75, 3.05) is 67.1 Å². The number of carbonyl (C=O) groups excluding carboxylic acids is 1. The van der Waals surface area contributed by atoms with Gasteiger partial charge < -0.3 is 25.2 Å². The van der Waals surface area contributed by atoms with E-state index in [2.05, 4.69) is 28.5 Å². The lowest BCUT2D eigenvalue weighted by Crippen LogP contribution is -2.40. The monoisotopic (exact) mass is 545 g/mol. The number of guanidine groups is 1. The fraction of sp³-hybridized carbons (Fsp3) is 0.652. The predicted octanol–water partition coefficient (Wildman–Crippen LogP) is 2.46. The van der Waals surface area contributed by atoms with Crippen molar-refractivity contribution in [3.05, 3.63) is 35.4 Å². The Bertz CT molecular complexity index is 676. The van der Waals surface area contributed by atoms with Crippen molar-refractivity contribution in [3.8, 4) is 0 Å². The minimum absolute atomic E-state index is 0. The Morgan fingerprint density at radius 2 is 2.00 bits per heavy atom. The SMILES string of the molecule is CCNC(=NCC1CCN(CCOC)CC1)NCCc1cccc(C(=O)N(C)C)c1.I. The summed E-state index contributed by atoms with van der Waals surface area (Å²) in [5.74, 6) is 1.56. The van der Waals surface area contributed by atoms with E-state index in [1.54, 1.807) is 26.1 Å². The summed E-state index contributed by atoms with van der Waals surface area (Å²) in [7, 11) is 5.31. The van der Waals surface area contributed by atoms with Gasteiger partial charge in [-0.25, -0.2) is 0 Å². The predicted molar refractivity (Wildman–Crippen MR) is 139 cm³/mol. The summed E-state index contributed by atoms with van der Waals surface area (Å²) < 4.78 is 5.18. The van der Waals surface area contributed by atoms with E-state index >= 15 is 0 Å². The fourth-order valence-electron chi connectivity index (χ4n) is 3.62. The first-order valence-corrected chi connectivity index (χ1v) is 11.1. The van der Waals surface area contributed by atoms with Crippen LogP contribution in [0.15, 0.2) is 29.3 Å². The van der Waals surface area contributed by atoms with Crippen LogP contribution in [-0.4, -0.2) is 88.7 Å². The van der Waals surface area contributed by atoms with Crippen molar-refractivity contribution in [3.63, 3.8) is 0 Å². The summed E-state index contributed by atoms with van der Waals surface area (Å²) >= 11 is 0. The zero-order valence-corrected chi connectivity index (χ0v) is 21.9. The average molecular weight is 546 g/mol. The fourth-order valence-corrected chi connectivity index (χ4v) is 3.62. The second-order valence-electron chi connectivity index (χ2n) is 8.07. The summed E-state index contributed by atoms with van der Waals surface area (Å²) in [6.07, 6.45) is 3.23. The standard InChI is InChI=1S/C23H39N5O2.HI/c1-5-24-23(26-18-20-10-13-28(14-11-20)15-16-30-4)25-12-9-19-7-6-8-21(17-19)22(29)27(2)3;/h6-8,17,20H,5,9-16,18H2,1-4H3,(H2,24,25,26);1H. The Hall–Kier alpha value is -1.39. The highest BCUT2D eigenvalue weighted by atomic mass is 127. The number of piperidine rings is 1. The van der Waals surface area contributed by atoms with E-state index < -0.39 is 0 Å². The van der Waals surface area contributed by atoms with Gasteiger partial charge in [-0.1, -0.05) is 12.1 Å². The second kappa shape index (κ2) is 15.4. The van der Waals surface area contributed by atoms with E-state index in [4.69, 9.17) is 9.73 Å². The quantitative estimate of drug-likeness (QED) is 0.269. The number of ether oxygens (including phenoxy) is 1. The van der Waals surface area contributed by atoms with Gasteiger partial charge in [0.25, 0.3) is 5.91 Å². The molecule has 0 aliphatic carbocycles. The number of halogens is 1. The molecule has 0 radical (unpaired) electrons. The van der Waals surface area contributed by atoms with Gasteiger partial charge in [-0.2, -0.15) is 0 Å². The van der Waals surface area contributed by atoms with Crippen LogP contribution < -0.4 is 10.6 Å². The van der Waals surface area contributed by atoms with Crippen LogP contribution >= 0.6 is 24.0 Å². The second-order valence-corrected chi connectivity index (χ2v) is 8.07. The molecule has 1 saturated heterocycles. The van der Waals surface area contributed by atoms with Gasteiger partial charge in [0, 0.05) is 52.9 Å². The number of rotatable bonds is 10. The summed E-state index contributed by atoms with van der Waals surface area (Å²) in [6, 6.07) is 7.86. The molecule has 1 heterocycles. The van der Waals surface area contributed by atoms with Crippen molar-refractivity contribution in [2.24, 2.45) is 10.9 Å². The molecule has 0 unspecified atom stereocenters. The maximum absolute atomic E-state index is 12.1. The number of hydrogen-bond donors (Lipinski definition) is 2. The molecule has 0 atom stereocenters. The lowest BCUT2D eigenvalue weighted by atomic mass is 9.97. The molecule has 1 aliphatic heterocycles. The van der Waals surface area contributed by atoms with Crippen LogP contribution in [0.2, 0.25) is 0 Å². The maximum atomic E-state index is 12.1. The third-order valence-corrected chi connectivity index (χ3v) is 5.46. The molecule has 8 heteroatoms. The zero-order chi connectivity index (χ0) is 21.8. The summed E-state index contributed by atoms with van der Waals surface area (Å²) in [5, 5.41) is 6.77. The molecular formula is C23H40IN5O2. The molecule has 1 aromatic carbocycles. The summed E-state index contributed by atoms with van der Waals surface area (Å²) in [6.45, 7) is 8.67. The number of amides is 1. The number of benzene rings is 1. The van der Waals surface area contributed by atoms with Crippen molar-refractivity contribution >= 4 is 35.8 Å². The molecule has 2 rings (SSSR count). The van der Waals surface area contributed by atoms with Crippen molar-refractivity contribution < 1.29 is 9.53 Å². The van der Waals surface area contributed by atoms with Crippen LogP contribution in [0.4, 0.5) is 0 Å². The first-order valence-electron chi connectivity index (χ1n) is 11.1. The highest BCUT2D eigenvalue weighted by molar-refractivity contribution is 14.0. The van der Waals surface area contributed by atoms with Gasteiger partial charge in [0.15, 0.2) is 5.96 Å². The molecular weight excluding hydrogens is 505 g/mol. The van der Waals surface area contributed by atoms with Gasteiger partial charge >= 0.3 is 0 Å². The van der Waals surface area contributed by atoms with Gasteiger partial charge in [0.1, 0.15) is 0 Å². The van der Waals surface area contributed by atoms with E-state index in [9.17, 15) is 4.79 Å². The molecule has 7 nitrogen and oxygen atoms in total. The number of aliphatic imine (C=N–C) groups is 1. The lowest BCUT2D eigenvalue weighted by molar-refractivity contribution is 0.0827. The van der Waals surface area contributed by atoms with Gasteiger partial charge in [0.05, 0.1) is 6.61 Å². The number of carbonyl (C=O) groups is 1. The van der Waals surface area contributed by atoms with Crippen LogP contribution in [-0.2, 0) is 11.2 Å². The van der Waals surface area contributed by atoms with Gasteiger partial charge in [-0.3, -0.25) is 9.79 Å². The lowest BCUT2D eigenvalue weighted by Gasteiger charge is -2.31. The van der Waals surface area contributed by atoms with Crippen LogP contribution in [0, 0.1) is 5.92 Å². The van der Waals surface area contributed by atoms with Crippen LogP contribution in [0.5, 0.6) is 0 Å². The maximum Gasteiger partial charge on any atom is 0.253 e. The van der Waals surface area contributed by atoms with Crippen LogP contribution in [0.1, 0.15) is 35.7 Å². The number of methoxy groups -OCH3 is 1. The first-order chi connectivity index (χ1) is 14.5. The Labute approximate surface area is 205 Å². The first kappa shape index (κ1) is 27.6. The summed E-state index contributed by atoms with van der Waals surface area (Å²) in [4.78, 5) is 21.0. The van der Waals surface area contributed by atoms with Crippen molar-refractivity contribution in [1.82, 2.24) is 20.4 Å². The Balaban J connectivity index is 0.00000480. The zero-order valence-electron chi connectivity index (χ0n) is 19.5. The van der Waals surface area contributed by atoms with Crippen molar-refractivity contribution in [1.29, 1.82) is 0 Å². The number of nitrogens with zero attached hydrogens (tertiary/aromatic N) is 3. The minimum Gasteiger partial charge on any atom is -0.383 e. The molecule has 1 fully saturated rings. The number of hydrogen-bond acceptors (Lipinski definition) is 4. The molecule has 0 bridgehead atoms. The highest BCUT2D eigenvalue weighted by Crippen LogP contribution is 2.17. The molecule has 1 amide bonds. The minimum atomic E-state index is 0. The largest absolute Gasteiger partial charge is 0.383 e. The molecule has 2 N–H and O–H groups in total. The summed E-state index contributed by atoms with van der Waals surface area (Å²) in [5.41, 5.74) is 1.88. The molecule has 0 spiro atoms. The Kier molecular flexibility index (Phi) is 13.7. The van der Waals surface area contributed by atoms with E-state index in [0.29, 0.717) is 5.92 Å². The van der Waals surface area contributed by atoms with E-state index in [1.165, 1.54) is 12.8 Å². The highest BCUT2D eigenvalue weighted by Gasteiger charge is 2.18. The third kappa shape index (κ3) is 10.2. The smallest absolute Gasteiger partial charge is 0.253 e. The van der Waals surface area contributed by atoms with E-state index in [0.717, 1.165) is 69.4 Å². The van der Waals surface area contributed by atoms with E-state index in [1.807, 2.05) is 18.2 Å². The molecule has 1 aromatic rings. The molecule has 1 aliphatic rings. The Morgan fingerprint density at radius 3 is 2.65 bits per heavy atom. The topological polar surface area (TPSA) is 69.2 Å². The average Bonchev–Trinajstić information content (AvgIpc) is 2.76. The molecule has 0 aromatic heterocycles. The number of likely N-dealkylation sites (tertiary alicyclic amines) is 1. The molecule has 0 saturated carbocycles. The van der Waals surface area contributed by atoms with Gasteiger partial charge in [0.2, 0.25) is 0 Å². The molecule has 176 valence electrons. The van der Waals surface area contributed by atoms with E-state index in [-0.39, 0.29) is 29.9 Å². The van der Waals surface area contributed by atoms with Gasteiger partial charge in [-0.15, -0.1) is 24.0 Å². The third-order valence-electron chi connectivity index (χ3n) is 5.46. The van der Waals surface area contributed by atoms with Gasteiger partial charge in [-0.05, 0) is 62.9 Å². The van der Waals surface area contributed by atoms with Crippen LogP contribution in [0.25, 0.3) is 0 Å². The number of nitrogens with one attached hydrogen (secondary N) is 2. The van der Waals surface area contributed by atoms with Crippen molar-refractivity contribution in [2.45, 2.75) is 26.2 Å². The van der Waals surface area contributed by atoms with Crippen LogP contribution in [0.3, 0.4) is 0 Å². The molecule has 31 heavy (non-hydrogen) atoms.